The van der Waals surface area contributed by atoms with Crippen molar-refractivity contribution in [1.82, 2.24) is 5.32 Å². The highest BCUT2D eigenvalue weighted by Crippen LogP contribution is 1.99. The fraction of sp³-hybridized carbons (Fsp3) is 0.600. The first-order chi connectivity index (χ1) is 5.85. The topological polar surface area (TPSA) is 12.0 Å². The first kappa shape index (κ1) is 11.7. The Bertz CT molecular complexity index is 113. The second-order valence-electron chi connectivity index (χ2n) is 3.12. The van der Waals surface area contributed by atoms with E-state index in [0.717, 1.165) is 6.54 Å². The lowest BCUT2D eigenvalue weighted by molar-refractivity contribution is 0.744. The molecule has 0 unspecified atom stereocenters. The summed E-state index contributed by atoms with van der Waals surface area (Å²) < 4.78 is 0. The standard InChI is InChI=1S/C10H21NSi/c1-4-7-11-10-12(8-5-2)9-6-3/h5-6,11-12H,2-4,7-10H2,1H3. The third-order valence-electron chi connectivity index (χ3n) is 1.86. The molecule has 0 saturated heterocycles. The molecule has 0 fully saturated rings. The lowest BCUT2D eigenvalue weighted by atomic mass is 10.5. The normalized spacial score (nSPS) is 10.2. The molecule has 0 radical (unpaired) electrons. The Morgan fingerprint density at radius 2 is 1.83 bits per heavy atom. The van der Waals surface area contributed by atoms with Gasteiger partial charge in [-0.3, -0.25) is 0 Å². The van der Waals surface area contributed by atoms with Gasteiger partial charge in [0.1, 0.15) is 0 Å². The van der Waals surface area contributed by atoms with Crippen LogP contribution in [0.1, 0.15) is 13.3 Å². The van der Waals surface area contributed by atoms with Crippen molar-refractivity contribution >= 4 is 8.80 Å². The van der Waals surface area contributed by atoms with Gasteiger partial charge in [0.15, 0.2) is 0 Å². The summed E-state index contributed by atoms with van der Waals surface area (Å²) in [5.74, 6) is 0. The first-order valence-electron chi connectivity index (χ1n) is 4.77. The molecule has 1 N–H and O–H groups in total. The van der Waals surface area contributed by atoms with Gasteiger partial charge in [-0.2, -0.15) is 0 Å². The van der Waals surface area contributed by atoms with Crippen molar-refractivity contribution in [3.63, 3.8) is 0 Å². The van der Waals surface area contributed by atoms with Crippen molar-refractivity contribution in [1.29, 1.82) is 0 Å². The average Bonchev–Trinajstić information content (AvgIpc) is 2.06. The Hall–Kier alpha value is -0.343. The second kappa shape index (κ2) is 8.75. The van der Waals surface area contributed by atoms with Crippen LogP contribution in [-0.4, -0.2) is 21.5 Å². The lowest BCUT2D eigenvalue weighted by Gasteiger charge is -2.11. The summed E-state index contributed by atoms with van der Waals surface area (Å²) in [5.41, 5.74) is 0. The molecule has 1 nitrogen and oxygen atoms in total. The van der Waals surface area contributed by atoms with Gasteiger partial charge in [-0.1, -0.05) is 19.1 Å². The fourth-order valence-corrected chi connectivity index (χ4v) is 3.30. The van der Waals surface area contributed by atoms with Crippen LogP contribution in [0.25, 0.3) is 0 Å². The zero-order valence-corrected chi connectivity index (χ0v) is 9.34. The molecular formula is C10H21NSi. The van der Waals surface area contributed by atoms with Crippen LogP contribution in [0.15, 0.2) is 25.3 Å². The molecule has 0 aromatic rings. The Morgan fingerprint density at radius 3 is 2.25 bits per heavy atom. The molecule has 2 heteroatoms. The lowest BCUT2D eigenvalue weighted by Crippen LogP contribution is -2.30. The summed E-state index contributed by atoms with van der Waals surface area (Å²) in [6, 6.07) is 2.45. The number of allylic oxidation sites excluding steroid dienone is 2. The molecule has 0 spiro atoms. The first-order valence-corrected chi connectivity index (χ1v) is 7.22. The highest BCUT2D eigenvalue weighted by atomic mass is 28.3. The molecule has 70 valence electrons. The second-order valence-corrected chi connectivity index (χ2v) is 6.20. The van der Waals surface area contributed by atoms with Gasteiger partial charge in [-0.25, -0.2) is 0 Å². The van der Waals surface area contributed by atoms with Gasteiger partial charge >= 0.3 is 0 Å². The molecule has 0 aliphatic carbocycles. The van der Waals surface area contributed by atoms with E-state index in [4.69, 9.17) is 0 Å². The van der Waals surface area contributed by atoms with Crippen molar-refractivity contribution in [2.45, 2.75) is 25.4 Å². The van der Waals surface area contributed by atoms with Gasteiger partial charge in [-0.05, 0) is 31.2 Å². The summed E-state index contributed by atoms with van der Waals surface area (Å²) in [6.45, 7) is 10.9. The van der Waals surface area contributed by atoms with Crippen LogP contribution in [0.3, 0.4) is 0 Å². The monoisotopic (exact) mass is 183 g/mol. The molecule has 0 aromatic heterocycles. The number of nitrogens with one attached hydrogen (secondary N) is 1. The van der Waals surface area contributed by atoms with E-state index in [-0.39, 0.29) is 0 Å². The Balaban J connectivity index is 3.47. The van der Waals surface area contributed by atoms with E-state index in [0.29, 0.717) is 0 Å². The van der Waals surface area contributed by atoms with E-state index < -0.39 is 8.80 Å². The molecule has 0 aromatic carbocycles. The Kier molecular flexibility index (Phi) is 8.50. The van der Waals surface area contributed by atoms with E-state index in [1.165, 1.54) is 24.7 Å². The van der Waals surface area contributed by atoms with Gasteiger partial charge in [0, 0.05) is 0 Å². The summed E-state index contributed by atoms with van der Waals surface area (Å²) in [7, 11) is -0.613. The summed E-state index contributed by atoms with van der Waals surface area (Å²) in [4.78, 5) is 0. The van der Waals surface area contributed by atoms with E-state index in [2.05, 4.69) is 25.4 Å². The predicted octanol–water partition coefficient (Wildman–Crippen LogP) is 2.12. The minimum absolute atomic E-state index is 0.613. The number of hydrogen-bond donors (Lipinski definition) is 1. The summed E-state index contributed by atoms with van der Waals surface area (Å²) in [6.07, 6.45) is 6.55. The van der Waals surface area contributed by atoms with Crippen molar-refractivity contribution in [3.8, 4) is 0 Å². The van der Waals surface area contributed by atoms with E-state index in [9.17, 15) is 0 Å². The van der Waals surface area contributed by atoms with Crippen LogP contribution < -0.4 is 5.32 Å². The van der Waals surface area contributed by atoms with Crippen LogP contribution in [0.5, 0.6) is 0 Å². The van der Waals surface area contributed by atoms with Crippen LogP contribution in [0.2, 0.25) is 12.1 Å². The van der Waals surface area contributed by atoms with E-state index in [1.807, 2.05) is 12.2 Å². The smallest absolute Gasteiger partial charge is 0.0601 e. The number of hydrogen-bond acceptors (Lipinski definition) is 1. The molecule has 0 bridgehead atoms. The molecule has 0 amide bonds. The van der Waals surface area contributed by atoms with Crippen LogP contribution in [0.4, 0.5) is 0 Å². The van der Waals surface area contributed by atoms with Gasteiger partial charge in [0.2, 0.25) is 0 Å². The van der Waals surface area contributed by atoms with E-state index >= 15 is 0 Å². The Morgan fingerprint density at radius 1 is 1.25 bits per heavy atom. The highest BCUT2D eigenvalue weighted by molar-refractivity contribution is 6.60. The highest BCUT2D eigenvalue weighted by Gasteiger charge is 2.04. The van der Waals surface area contributed by atoms with Crippen LogP contribution >= 0.6 is 0 Å². The van der Waals surface area contributed by atoms with Crippen molar-refractivity contribution in [3.05, 3.63) is 25.3 Å². The van der Waals surface area contributed by atoms with Crippen LogP contribution in [-0.2, 0) is 0 Å². The Labute approximate surface area is 78.2 Å². The predicted molar refractivity (Wildman–Crippen MR) is 60.3 cm³/mol. The van der Waals surface area contributed by atoms with Crippen molar-refractivity contribution in [2.75, 3.05) is 12.7 Å². The summed E-state index contributed by atoms with van der Waals surface area (Å²) >= 11 is 0. The largest absolute Gasteiger partial charge is 0.320 e. The molecule has 0 saturated carbocycles. The SMILES string of the molecule is C=CC[SiH](CC=C)CNCCC. The maximum absolute atomic E-state index is 3.78. The molecular weight excluding hydrogens is 162 g/mol. The zero-order chi connectivity index (χ0) is 9.23. The minimum atomic E-state index is -0.613. The maximum Gasteiger partial charge on any atom is 0.0601 e. The van der Waals surface area contributed by atoms with Crippen molar-refractivity contribution < 1.29 is 0 Å². The third kappa shape index (κ3) is 6.37. The molecule has 0 rings (SSSR count). The molecule has 0 aliphatic heterocycles. The molecule has 12 heavy (non-hydrogen) atoms. The van der Waals surface area contributed by atoms with Gasteiger partial charge < -0.3 is 5.32 Å². The van der Waals surface area contributed by atoms with Gasteiger partial charge in [-0.15, -0.1) is 13.2 Å². The average molecular weight is 183 g/mol. The maximum atomic E-state index is 3.78. The van der Waals surface area contributed by atoms with Crippen molar-refractivity contribution in [2.24, 2.45) is 0 Å². The third-order valence-corrected chi connectivity index (χ3v) is 4.73. The molecule has 0 atom stereocenters. The molecule has 0 heterocycles. The minimum Gasteiger partial charge on any atom is -0.320 e. The van der Waals surface area contributed by atoms with Crippen LogP contribution in [0, 0.1) is 0 Å². The molecule has 0 aliphatic rings. The van der Waals surface area contributed by atoms with E-state index in [1.54, 1.807) is 0 Å². The summed E-state index contributed by atoms with van der Waals surface area (Å²) in [5, 5.41) is 3.47. The van der Waals surface area contributed by atoms with Gasteiger partial charge in [0.05, 0.1) is 8.80 Å². The zero-order valence-electron chi connectivity index (χ0n) is 8.18. The quantitative estimate of drug-likeness (QED) is 0.345. The fourth-order valence-electron chi connectivity index (χ4n) is 1.22. The number of rotatable bonds is 8. The van der Waals surface area contributed by atoms with Gasteiger partial charge in [0.25, 0.3) is 0 Å².